The molecule has 1 amide bonds. The summed E-state index contributed by atoms with van der Waals surface area (Å²) in [6.45, 7) is 6.05. The highest BCUT2D eigenvalue weighted by Crippen LogP contribution is 2.17. The van der Waals surface area contributed by atoms with E-state index in [1.807, 2.05) is 32.0 Å². The van der Waals surface area contributed by atoms with Gasteiger partial charge in [0.1, 0.15) is 0 Å². The van der Waals surface area contributed by atoms with E-state index in [2.05, 4.69) is 28.2 Å². The first-order chi connectivity index (χ1) is 7.04. The lowest BCUT2D eigenvalue weighted by molar-refractivity contribution is 0.0939. The number of aryl methyl sites for hydroxylation is 1. The number of benzene rings is 1. The maximum Gasteiger partial charge on any atom is 0.251 e. The summed E-state index contributed by atoms with van der Waals surface area (Å²) in [6.07, 6.45) is 0.943. The molecule has 0 heterocycles. The van der Waals surface area contributed by atoms with E-state index in [1.165, 1.54) is 0 Å². The number of carbonyl (C=O) groups is 1. The van der Waals surface area contributed by atoms with Crippen LogP contribution in [0.1, 0.15) is 36.2 Å². The molecule has 0 saturated heterocycles. The molecule has 1 aromatic rings. The fraction of sp³-hybridized carbons (Fsp3) is 0.417. The smallest absolute Gasteiger partial charge is 0.251 e. The first-order valence-corrected chi connectivity index (χ1v) is 5.91. The van der Waals surface area contributed by atoms with Gasteiger partial charge in [0.05, 0.1) is 0 Å². The first kappa shape index (κ1) is 12.2. The standard InChI is InChI=1S/C12H16BrNO/c1-4-9(3)14-12(15)10-6-5-8(2)11(13)7-10/h5-7,9H,4H2,1-3H3,(H,14,15)/t9-/m1/s1. The summed E-state index contributed by atoms with van der Waals surface area (Å²) in [5.74, 6) is -0.00921. The Morgan fingerprint density at radius 2 is 2.20 bits per heavy atom. The Bertz CT molecular complexity index is 363. The molecule has 1 rings (SSSR count). The number of amides is 1. The fourth-order valence-electron chi connectivity index (χ4n) is 1.14. The summed E-state index contributed by atoms with van der Waals surface area (Å²) in [5, 5.41) is 2.93. The van der Waals surface area contributed by atoms with Crippen molar-refractivity contribution < 1.29 is 4.79 Å². The molecule has 0 unspecified atom stereocenters. The molecule has 0 aliphatic heterocycles. The van der Waals surface area contributed by atoms with Crippen molar-refractivity contribution in [1.29, 1.82) is 0 Å². The number of rotatable bonds is 3. The Labute approximate surface area is 99.2 Å². The zero-order valence-corrected chi connectivity index (χ0v) is 10.9. The molecule has 0 aliphatic carbocycles. The van der Waals surface area contributed by atoms with Gasteiger partial charge in [-0.2, -0.15) is 0 Å². The van der Waals surface area contributed by atoms with Crippen molar-refractivity contribution in [3.8, 4) is 0 Å². The number of nitrogens with one attached hydrogen (secondary N) is 1. The predicted octanol–water partition coefficient (Wildman–Crippen LogP) is 3.29. The van der Waals surface area contributed by atoms with Crippen LogP contribution in [0.3, 0.4) is 0 Å². The quantitative estimate of drug-likeness (QED) is 0.897. The summed E-state index contributed by atoms with van der Waals surface area (Å²) >= 11 is 3.42. The van der Waals surface area contributed by atoms with Gasteiger partial charge in [0, 0.05) is 16.1 Å². The topological polar surface area (TPSA) is 29.1 Å². The molecule has 0 fully saturated rings. The molecule has 15 heavy (non-hydrogen) atoms. The normalized spacial score (nSPS) is 12.3. The third-order valence-electron chi connectivity index (χ3n) is 2.42. The molecule has 0 aliphatic rings. The Kier molecular flexibility index (Phi) is 4.33. The van der Waals surface area contributed by atoms with Gasteiger partial charge in [0.2, 0.25) is 0 Å². The molecule has 0 saturated carbocycles. The fourth-order valence-corrected chi connectivity index (χ4v) is 1.52. The average Bonchev–Trinajstić information content (AvgIpc) is 2.21. The Hall–Kier alpha value is -0.830. The second-order valence-corrected chi connectivity index (χ2v) is 4.60. The van der Waals surface area contributed by atoms with Crippen molar-refractivity contribution >= 4 is 21.8 Å². The van der Waals surface area contributed by atoms with E-state index in [0.717, 1.165) is 16.5 Å². The SMILES string of the molecule is CC[C@@H](C)NC(=O)c1ccc(C)c(Br)c1. The average molecular weight is 270 g/mol. The molecule has 3 heteroatoms. The number of halogens is 1. The second-order valence-electron chi connectivity index (χ2n) is 3.75. The van der Waals surface area contributed by atoms with Crippen LogP contribution in [0.5, 0.6) is 0 Å². The zero-order valence-electron chi connectivity index (χ0n) is 9.30. The highest BCUT2D eigenvalue weighted by atomic mass is 79.9. The Balaban J connectivity index is 2.78. The lowest BCUT2D eigenvalue weighted by Gasteiger charge is -2.11. The third kappa shape index (κ3) is 3.34. The van der Waals surface area contributed by atoms with Crippen LogP contribution in [0.15, 0.2) is 22.7 Å². The summed E-state index contributed by atoms with van der Waals surface area (Å²) < 4.78 is 0.972. The summed E-state index contributed by atoms with van der Waals surface area (Å²) in [7, 11) is 0. The summed E-state index contributed by atoms with van der Waals surface area (Å²) in [4.78, 5) is 11.7. The van der Waals surface area contributed by atoms with E-state index < -0.39 is 0 Å². The van der Waals surface area contributed by atoms with Crippen LogP contribution >= 0.6 is 15.9 Å². The maximum atomic E-state index is 11.7. The molecule has 0 spiro atoms. The first-order valence-electron chi connectivity index (χ1n) is 5.11. The van der Waals surface area contributed by atoms with Crippen LogP contribution in [0, 0.1) is 6.92 Å². The van der Waals surface area contributed by atoms with Crippen molar-refractivity contribution in [1.82, 2.24) is 5.32 Å². The van der Waals surface area contributed by atoms with E-state index in [4.69, 9.17) is 0 Å². The molecule has 1 atom stereocenters. The minimum absolute atomic E-state index is 0.00921. The third-order valence-corrected chi connectivity index (χ3v) is 3.28. The lowest BCUT2D eigenvalue weighted by Crippen LogP contribution is -2.31. The van der Waals surface area contributed by atoms with E-state index >= 15 is 0 Å². The van der Waals surface area contributed by atoms with Gasteiger partial charge in [-0.1, -0.05) is 28.9 Å². The van der Waals surface area contributed by atoms with Gasteiger partial charge in [-0.25, -0.2) is 0 Å². The summed E-state index contributed by atoms with van der Waals surface area (Å²) in [5.41, 5.74) is 1.84. The molecule has 2 nitrogen and oxygen atoms in total. The van der Waals surface area contributed by atoms with E-state index in [1.54, 1.807) is 0 Å². The highest BCUT2D eigenvalue weighted by molar-refractivity contribution is 9.10. The Morgan fingerprint density at radius 1 is 1.53 bits per heavy atom. The van der Waals surface area contributed by atoms with Crippen molar-refractivity contribution in [2.45, 2.75) is 33.2 Å². The Morgan fingerprint density at radius 3 is 2.73 bits per heavy atom. The van der Waals surface area contributed by atoms with Crippen LogP contribution in [0.4, 0.5) is 0 Å². The largest absolute Gasteiger partial charge is 0.350 e. The second kappa shape index (κ2) is 5.31. The van der Waals surface area contributed by atoms with Gasteiger partial charge in [-0.15, -0.1) is 0 Å². The molecule has 0 bridgehead atoms. The molecule has 82 valence electrons. The van der Waals surface area contributed by atoms with Gasteiger partial charge >= 0.3 is 0 Å². The van der Waals surface area contributed by atoms with Crippen molar-refractivity contribution in [3.63, 3.8) is 0 Å². The van der Waals surface area contributed by atoms with Crippen molar-refractivity contribution in [3.05, 3.63) is 33.8 Å². The molecule has 1 N–H and O–H groups in total. The van der Waals surface area contributed by atoms with E-state index in [9.17, 15) is 4.79 Å². The van der Waals surface area contributed by atoms with Crippen molar-refractivity contribution in [2.24, 2.45) is 0 Å². The molecular weight excluding hydrogens is 254 g/mol. The van der Waals surface area contributed by atoms with Crippen molar-refractivity contribution in [2.75, 3.05) is 0 Å². The molecule has 0 aromatic heterocycles. The maximum absolute atomic E-state index is 11.7. The van der Waals surface area contributed by atoms with E-state index in [-0.39, 0.29) is 11.9 Å². The monoisotopic (exact) mass is 269 g/mol. The van der Waals surface area contributed by atoms with Gasteiger partial charge in [0.25, 0.3) is 5.91 Å². The van der Waals surface area contributed by atoms with Gasteiger partial charge in [0.15, 0.2) is 0 Å². The van der Waals surface area contributed by atoms with Crippen LogP contribution in [-0.2, 0) is 0 Å². The number of hydrogen-bond acceptors (Lipinski definition) is 1. The molecule has 0 radical (unpaired) electrons. The minimum Gasteiger partial charge on any atom is -0.350 e. The predicted molar refractivity (Wildman–Crippen MR) is 66.1 cm³/mol. The van der Waals surface area contributed by atoms with Crippen LogP contribution in [0.2, 0.25) is 0 Å². The van der Waals surface area contributed by atoms with Crippen LogP contribution < -0.4 is 5.32 Å². The van der Waals surface area contributed by atoms with Crippen LogP contribution in [-0.4, -0.2) is 11.9 Å². The highest BCUT2D eigenvalue weighted by Gasteiger charge is 2.09. The molecular formula is C12H16BrNO. The van der Waals surface area contributed by atoms with Crippen LogP contribution in [0.25, 0.3) is 0 Å². The zero-order chi connectivity index (χ0) is 11.4. The number of carbonyl (C=O) groups excluding carboxylic acids is 1. The van der Waals surface area contributed by atoms with E-state index in [0.29, 0.717) is 5.56 Å². The lowest BCUT2D eigenvalue weighted by atomic mass is 10.1. The molecule has 1 aromatic carbocycles. The summed E-state index contributed by atoms with van der Waals surface area (Å²) in [6, 6.07) is 5.86. The minimum atomic E-state index is -0.00921. The van der Waals surface area contributed by atoms with Gasteiger partial charge in [-0.05, 0) is 38.0 Å². The van der Waals surface area contributed by atoms with Gasteiger partial charge < -0.3 is 5.32 Å². The number of hydrogen-bond donors (Lipinski definition) is 1. The van der Waals surface area contributed by atoms with Gasteiger partial charge in [-0.3, -0.25) is 4.79 Å².